The fraction of sp³-hybridized carbons (Fsp3) is 0.632. The summed E-state index contributed by atoms with van der Waals surface area (Å²) in [5, 5.41) is 3.16. The number of amides is 1. The molecule has 0 atom stereocenters. The molecular formula is C19H30N2O3S. The molecule has 25 heavy (non-hydrogen) atoms. The van der Waals surface area contributed by atoms with Gasteiger partial charge < -0.3 is 5.32 Å². The number of hydrogen-bond donors (Lipinski definition) is 2. The highest BCUT2D eigenvalue weighted by atomic mass is 32.2. The highest BCUT2D eigenvalue weighted by Crippen LogP contribution is 2.17. The van der Waals surface area contributed by atoms with Gasteiger partial charge in [-0.3, -0.25) is 4.79 Å². The molecule has 1 aliphatic rings. The summed E-state index contributed by atoms with van der Waals surface area (Å²) in [5.74, 6) is 0.0925. The van der Waals surface area contributed by atoms with Gasteiger partial charge in [-0.15, -0.1) is 0 Å². The van der Waals surface area contributed by atoms with Gasteiger partial charge in [0.1, 0.15) is 0 Å². The Morgan fingerprint density at radius 3 is 2.24 bits per heavy atom. The van der Waals surface area contributed by atoms with E-state index < -0.39 is 10.0 Å². The molecule has 1 amide bonds. The van der Waals surface area contributed by atoms with E-state index in [0.717, 1.165) is 18.4 Å². The average molecular weight is 367 g/mol. The van der Waals surface area contributed by atoms with Crippen LogP contribution >= 0.6 is 0 Å². The highest BCUT2D eigenvalue weighted by Gasteiger charge is 2.15. The van der Waals surface area contributed by atoms with Gasteiger partial charge in [0.05, 0.1) is 4.90 Å². The first kappa shape index (κ1) is 19.9. The molecule has 0 spiro atoms. The number of sulfonamides is 1. The van der Waals surface area contributed by atoms with Crippen LogP contribution in [0.1, 0.15) is 63.9 Å². The quantitative estimate of drug-likeness (QED) is 0.778. The van der Waals surface area contributed by atoms with Crippen LogP contribution in [0.25, 0.3) is 0 Å². The summed E-state index contributed by atoms with van der Waals surface area (Å²) in [4.78, 5) is 12.4. The Morgan fingerprint density at radius 1 is 1.04 bits per heavy atom. The van der Waals surface area contributed by atoms with E-state index in [1.165, 1.54) is 32.1 Å². The van der Waals surface area contributed by atoms with Crippen LogP contribution in [0.2, 0.25) is 0 Å². The number of rotatable bonds is 7. The Balaban J connectivity index is 1.81. The van der Waals surface area contributed by atoms with Gasteiger partial charge in [-0.2, -0.15) is 0 Å². The Morgan fingerprint density at radius 2 is 1.64 bits per heavy atom. The molecule has 0 aliphatic heterocycles. The molecule has 1 saturated carbocycles. The molecule has 1 fully saturated rings. The van der Waals surface area contributed by atoms with Crippen molar-refractivity contribution in [2.45, 2.75) is 75.6 Å². The third kappa shape index (κ3) is 6.78. The second kappa shape index (κ2) is 9.92. The Hall–Kier alpha value is -1.40. The minimum Gasteiger partial charge on any atom is -0.353 e. The van der Waals surface area contributed by atoms with E-state index in [-0.39, 0.29) is 10.8 Å². The van der Waals surface area contributed by atoms with Gasteiger partial charge in [0.25, 0.3) is 0 Å². The lowest BCUT2D eigenvalue weighted by molar-refractivity contribution is -0.121. The minimum absolute atomic E-state index is 0.0925. The molecule has 1 aromatic carbocycles. The molecule has 5 nitrogen and oxygen atoms in total. The molecule has 0 radical (unpaired) electrons. The van der Waals surface area contributed by atoms with Crippen LogP contribution in [0.5, 0.6) is 0 Å². The monoisotopic (exact) mass is 366 g/mol. The van der Waals surface area contributed by atoms with Crippen molar-refractivity contribution in [3.63, 3.8) is 0 Å². The Bertz CT molecular complexity index is 633. The van der Waals surface area contributed by atoms with Crippen LogP contribution in [0.4, 0.5) is 0 Å². The topological polar surface area (TPSA) is 75.3 Å². The van der Waals surface area contributed by atoms with E-state index in [1.807, 2.05) is 0 Å². The van der Waals surface area contributed by atoms with Crippen LogP contribution in [0.3, 0.4) is 0 Å². The summed E-state index contributed by atoms with van der Waals surface area (Å²) < 4.78 is 26.3. The number of carbonyl (C=O) groups excluding carboxylic acids is 1. The predicted octanol–water partition coefficient (Wildman–Crippen LogP) is 3.15. The maximum atomic E-state index is 12.2. The summed E-state index contributed by atoms with van der Waals surface area (Å²) in [6.45, 7) is 2.12. The third-order valence-corrected chi connectivity index (χ3v) is 6.24. The van der Waals surface area contributed by atoms with Gasteiger partial charge >= 0.3 is 0 Å². The molecule has 0 aromatic heterocycles. The molecule has 6 heteroatoms. The van der Waals surface area contributed by atoms with Gasteiger partial charge in [0.15, 0.2) is 0 Å². The predicted molar refractivity (Wildman–Crippen MR) is 99.9 cm³/mol. The van der Waals surface area contributed by atoms with Crippen molar-refractivity contribution in [1.29, 1.82) is 0 Å². The first-order valence-electron chi connectivity index (χ1n) is 9.39. The average Bonchev–Trinajstić information content (AvgIpc) is 2.56. The van der Waals surface area contributed by atoms with Crippen LogP contribution < -0.4 is 10.0 Å². The first-order valence-corrected chi connectivity index (χ1v) is 10.9. The summed E-state index contributed by atoms with van der Waals surface area (Å²) >= 11 is 0. The van der Waals surface area contributed by atoms with Crippen molar-refractivity contribution in [3.8, 4) is 0 Å². The SMILES string of the molecule is CCNS(=O)(=O)c1ccc(CCC(=O)NC2CCCCCCC2)cc1. The van der Waals surface area contributed by atoms with E-state index in [0.29, 0.717) is 25.4 Å². The van der Waals surface area contributed by atoms with Crippen molar-refractivity contribution < 1.29 is 13.2 Å². The van der Waals surface area contributed by atoms with E-state index >= 15 is 0 Å². The second-order valence-electron chi connectivity index (χ2n) is 6.75. The number of nitrogens with one attached hydrogen (secondary N) is 2. The van der Waals surface area contributed by atoms with Crippen molar-refractivity contribution in [3.05, 3.63) is 29.8 Å². The van der Waals surface area contributed by atoms with Gasteiger partial charge in [0.2, 0.25) is 15.9 Å². The third-order valence-electron chi connectivity index (χ3n) is 4.68. The minimum atomic E-state index is -3.41. The lowest BCUT2D eigenvalue weighted by Gasteiger charge is -2.21. The molecule has 2 N–H and O–H groups in total. The fourth-order valence-corrected chi connectivity index (χ4v) is 4.31. The summed E-state index contributed by atoms with van der Waals surface area (Å²) in [6.07, 6.45) is 9.50. The van der Waals surface area contributed by atoms with Crippen LogP contribution in [0.15, 0.2) is 29.2 Å². The zero-order valence-corrected chi connectivity index (χ0v) is 15.9. The van der Waals surface area contributed by atoms with Gasteiger partial charge in [0, 0.05) is 19.0 Å². The van der Waals surface area contributed by atoms with Crippen LogP contribution in [-0.2, 0) is 21.2 Å². The molecule has 2 rings (SSSR count). The second-order valence-corrected chi connectivity index (χ2v) is 8.52. The molecule has 0 heterocycles. The van der Waals surface area contributed by atoms with Crippen LogP contribution in [-0.4, -0.2) is 26.9 Å². The first-order chi connectivity index (χ1) is 12.0. The molecule has 1 aliphatic carbocycles. The highest BCUT2D eigenvalue weighted by molar-refractivity contribution is 7.89. The van der Waals surface area contributed by atoms with Gasteiger partial charge in [-0.1, -0.05) is 51.2 Å². The van der Waals surface area contributed by atoms with E-state index in [2.05, 4.69) is 10.0 Å². The van der Waals surface area contributed by atoms with Crippen molar-refractivity contribution in [2.24, 2.45) is 0 Å². The van der Waals surface area contributed by atoms with Crippen molar-refractivity contribution in [1.82, 2.24) is 10.0 Å². The smallest absolute Gasteiger partial charge is 0.240 e. The van der Waals surface area contributed by atoms with E-state index in [4.69, 9.17) is 0 Å². The number of aryl methyl sites for hydroxylation is 1. The van der Waals surface area contributed by atoms with Crippen LogP contribution in [0, 0.1) is 0 Å². The summed E-state index contributed by atoms with van der Waals surface area (Å²) in [6, 6.07) is 7.08. The fourth-order valence-electron chi connectivity index (χ4n) is 3.27. The largest absolute Gasteiger partial charge is 0.353 e. The maximum Gasteiger partial charge on any atom is 0.240 e. The maximum absolute atomic E-state index is 12.2. The van der Waals surface area contributed by atoms with Crippen molar-refractivity contribution >= 4 is 15.9 Å². The van der Waals surface area contributed by atoms with Gasteiger partial charge in [-0.05, 0) is 37.0 Å². The van der Waals surface area contributed by atoms with E-state index in [9.17, 15) is 13.2 Å². The van der Waals surface area contributed by atoms with Crippen molar-refractivity contribution in [2.75, 3.05) is 6.54 Å². The molecule has 0 saturated heterocycles. The van der Waals surface area contributed by atoms with Gasteiger partial charge in [-0.25, -0.2) is 13.1 Å². The molecule has 0 unspecified atom stereocenters. The lowest BCUT2D eigenvalue weighted by atomic mass is 9.96. The zero-order valence-electron chi connectivity index (χ0n) is 15.1. The normalized spacial score (nSPS) is 16.8. The Labute approximate surface area is 151 Å². The Kier molecular flexibility index (Phi) is 7.90. The zero-order chi connectivity index (χ0) is 18.1. The lowest BCUT2D eigenvalue weighted by Crippen LogP contribution is -2.35. The molecule has 140 valence electrons. The number of carbonyl (C=O) groups is 1. The summed E-state index contributed by atoms with van der Waals surface area (Å²) in [7, 11) is -3.41. The molecule has 0 bridgehead atoms. The number of benzene rings is 1. The van der Waals surface area contributed by atoms with E-state index in [1.54, 1.807) is 31.2 Å². The number of hydrogen-bond acceptors (Lipinski definition) is 3. The molecular weight excluding hydrogens is 336 g/mol. The standard InChI is InChI=1S/C19H30N2O3S/c1-2-20-25(23,24)18-13-10-16(11-14-18)12-15-19(22)21-17-8-6-4-3-5-7-9-17/h10-11,13-14,17,20H,2-9,12,15H2,1H3,(H,21,22). The molecule has 1 aromatic rings. The summed E-state index contributed by atoms with van der Waals surface area (Å²) in [5.41, 5.74) is 0.975.